The Morgan fingerprint density at radius 3 is 2.43 bits per heavy atom. The van der Waals surface area contributed by atoms with Gasteiger partial charge in [0.2, 0.25) is 0 Å². The van der Waals surface area contributed by atoms with Crippen molar-refractivity contribution in [2.45, 2.75) is 19.1 Å². The summed E-state index contributed by atoms with van der Waals surface area (Å²) in [5.74, 6) is 0. The van der Waals surface area contributed by atoms with Crippen LogP contribution < -0.4 is 0 Å². The van der Waals surface area contributed by atoms with Gasteiger partial charge in [-0.25, -0.2) is 0 Å². The van der Waals surface area contributed by atoms with Crippen LogP contribution in [0.4, 0.5) is 0 Å². The van der Waals surface area contributed by atoms with Gasteiger partial charge in [-0.3, -0.25) is 0 Å². The van der Waals surface area contributed by atoms with Gasteiger partial charge in [-0.2, -0.15) is 0 Å². The van der Waals surface area contributed by atoms with Gasteiger partial charge in [-0.1, -0.05) is 30.3 Å². The molecule has 1 aromatic carbocycles. The average molecular weight is 196 g/mol. The number of rotatable bonds is 5. The van der Waals surface area contributed by atoms with Crippen LogP contribution in [0, 0.1) is 0 Å². The van der Waals surface area contributed by atoms with Gasteiger partial charge in [-0.05, 0) is 12.5 Å². The molecule has 14 heavy (non-hydrogen) atoms. The van der Waals surface area contributed by atoms with Crippen molar-refractivity contribution in [1.82, 2.24) is 0 Å². The monoisotopic (exact) mass is 196 g/mol. The molecule has 0 bridgehead atoms. The van der Waals surface area contributed by atoms with Crippen LogP contribution in [0.5, 0.6) is 0 Å². The fourth-order valence-electron chi connectivity index (χ4n) is 1.32. The fourth-order valence-corrected chi connectivity index (χ4v) is 1.32. The molecule has 0 aliphatic carbocycles. The first-order chi connectivity index (χ1) is 6.79. The lowest BCUT2D eigenvalue weighted by Crippen LogP contribution is -2.26. The molecule has 3 nitrogen and oxygen atoms in total. The highest BCUT2D eigenvalue weighted by Gasteiger charge is 2.19. The van der Waals surface area contributed by atoms with Crippen LogP contribution in [0.3, 0.4) is 0 Å². The number of hydrogen-bond donors (Lipinski definition) is 2. The normalized spacial score (nSPS) is 15.1. The summed E-state index contributed by atoms with van der Waals surface area (Å²) in [6.45, 7) is 2.14. The molecule has 0 aliphatic heterocycles. The fraction of sp³-hybridized carbons (Fsp3) is 0.455. The minimum atomic E-state index is -0.763. The van der Waals surface area contributed by atoms with Gasteiger partial charge in [0.15, 0.2) is 0 Å². The lowest BCUT2D eigenvalue weighted by Gasteiger charge is -2.20. The van der Waals surface area contributed by atoms with E-state index in [-0.39, 0.29) is 6.61 Å². The van der Waals surface area contributed by atoms with Crippen molar-refractivity contribution in [3.63, 3.8) is 0 Å². The van der Waals surface area contributed by atoms with E-state index in [2.05, 4.69) is 0 Å². The summed E-state index contributed by atoms with van der Waals surface area (Å²) in [6.07, 6.45) is -1.30. The predicted octanol–water partition coefficient (Wildman–Crippen LogP) is 1.12. The number of hydrogen-bond acceptors (Lipinski definition) is 3. The summed E-state index contributed by atoms with van der Waals surface area (Å²) in [5, 5.41) is 18.8. The van der Waals surface area contributed by atoms with Crippen LogP contribution in [0.15, 0.2) is 30.3 Å². The lowest BCUT2D eigenvalue weighted by atomic mass is 10.1. The second kappa shape index (κ2) is 5.75. The van der Waals surface area contributed by atoms with Crippen molar-refractivity contribution in [3.05, 3.63) is 35.9 Å². The summed E-state index contributed by atoms with van der Waals surface area (Å²) in [7, 11) is 0. The smallest absolute Gasteiger partial charge is 0.111 e. The van der Waals surface area contributed by atoms with E-state index in [1.807, 2.05) is 37.3 Å². The zero-order valence-corrected chi connectivity index (χ0v) is 8.26. The highest BCUT2D eigenvalue weighted by Crippen LogP contribution is 2.18. The van der Waals surface area contributed by atoms with Crippen LogP contribution in [0.1, 0.15) is 18.6 Å². The van der Waals surface area contributed by atoms with Crippen LogP contribution in [0.2, 0.25) is 0 Å². The van der Waals surface area contributed by atoms with Gasteiger partial charge < -0.3 is 14.9 Å². The standard InChI is InChI=1S/C11H16O3/c1-2-14-10(8-12)11(13)9-6-4-3-5-7-9/h3-7,10-13H,2,8H2,1H3/t10-,11-/m0/s1. The molecule has 0 saturated carbocycles. The lowest BCUT2D eigenvalue weighted by molar-refractivity contribution is -0.0605. The Morgan fingerprint density at radius 2 is 1.93 bits per heavy atom. The van der Waals surface area contributed by atoms with Gasteiger partial charge in [-0.15, -0.1) is 0 Å². The molecule has 0 heterocycles. The molecule has 0 aromatic heterocycles. The van der Waals surface area contributed by atoms with Crippen LogP contribution in [0.25, 0.3) is 0 Å². The first kappa shape index (κ1) is 11.2. The Bertz CT molecular complexity index is 248. The summed E-state index contributed by atoms with van der Waals surface area (Å²) in [5.41, 5.74) is 0.764. The molecular weight excluding hydrogens is 180 g/mol. The van der Waals surface area contributed by atoms with Gasteiger partial charge in [0.1, 0.15) is 12.2 Å². The molecule has 2 N–H and O–H groups in total. The average Bonchev–Trinajstić information content (AvgIpc) is 2.26. The van der Waals surface area contributed by atoms with Crippen molar-refractivity contribution >= 4 is 0 Å². The van der Waals surface area contributed by atoms with Gasteiger partial charge in [0, 0.05) is 6.61 Å². The molecule has 0 saturated heterocycles. The van der Waals surface area contributed by atoms with Gasteiger partial charge in [0.25, 0.3) is 0 Å². The number of benzene rings is 1. The molecule has 1 aromatic rings. The van der Waals surface area contributed by atoms with Crippen molar-refractivity contribution in [1.29, 1.82) is 0 Å². The highest BCUT2D eigenvalue weighted by molar-refractivity contribution is 5.18. The largest absolute Gasteiger partial charge is 0.394 e. The van der Waals surface area contributed by atoms with Crippen molar-refractivity contribution < 1.29 is 14.9 Å². The maximum atomic E-state index is 9.83. The second-order valence-electron chi connectivity index (χ2n) is 3.03. The highest BCUT2D eigenvalue weighted by atomic mass is 16.5. The Hall–Kier alpha value is -0.900. The van der Waals surface area contributed by atoms with Gasteiger partial charge in [0.05, 0.1) is 6.61 Å². The van der Waals surface area contributed by atoms with E-state index >= 15 is 0 Å². The maximum absolute atomic E-state index is 9.83. The molecule has 78 valence electrons. The predicted molar refractivity (Wildman–Crippen MR) is 53.9 cm³/mol. The van der Waals surface area contributed by atoms with Crippen LogP contribution in [-0.2, 0) is 4.74 Å². The minimum Gasteiger partial charge on any atom is -0.394 e. The van der Waals surface area contributed by atoms with Crippen LogP contribution in [-0.4, -0.2) is 29.5 Å². The molecule has 0 unspecified atom stereocenters. The summed E-state index contributed by atoms with van der Waals surface area (Å²) >= 11 is 0. The zero-order chi connectivity index (χ0) is 10.4. The van der Waals surface area contributed by atoms with E-state index in [1.54, 1.807) is 0 Å². The van der Waals surface area contributed by atoms with E-state index in [0.29, 0.717) is 6.61 Å². The minimum absolute atomic E-state index is 0.177. The molecule has 1 rings (SSSR count). The van der Waals surface area contributed by atoms with Crippen molar-refractivity contribution in [2.24, 2.45) is 0 Å². The molecule has 0 amide bonds. The molecule has 0 radical (unpaired) electrons. The first-order valence-corrected chi connectivity index (χ1v) is 4.75. The van der Waals surface area contributed by atoms with Crippen molar-refractivity contribution in [2.75, 3.05) is 13.2 Å². The van der Waals surface area contributed by atoms with E-state index < -0.39 is 12.2 Å². The topological polar surface area (TPSA) is 49.7 Å². The third kappa shape index (κ3) is 2.80. The Labute approximate surface area is 84.0 Å². The van der Waals surface area contributed by atoms with Gasteiger partial charge >= 0.3 is 0 Å². The Kier molecular flexibility index (Phi) is 4.59. The number of ether oxygens (including phenoxy) is 1. The zero-order valence-electron chi connectivity index (χ0n) is 8.26. The van der Waals surface area contributed by atoms with E-state index in [9.17, 15) is 5.11 Å². The third-order valence-corrected chi connectivity index (χ3v) is 2.05. The van der Waals surface area contributed by atoms with E-state index in [1.165, 1.54) is 0 Å². The van der Waals surface area contributed by atoms with E-state index in [4.69, 9.17) is 9.84 Å². The SMILES string of the molecule is CCO[C@@H](CO)[C@@H](O)c1ccccc1. The number of aliphatic hydroxyl groups excluding tert-OH is 2. The first-order valence-electron chi connectivity index (χ1n) is 4.75. The van der Waals surface area contributed by atoms with Crippen molar-refractivity contribution in [3.8, 4) is 0 Å². The maximum Gasteiger partial charge on any atom is 0.111 e. The summed E-state index contributed by atoms with van der Waals surface area (Å²) < 4.78 is 5.21. The third-order valence-electron chi connectivity index (χ3n) is 2.05. The molecular formula is C11H16O3. The Balaban J connectivity index is 2.67. The molecule has 0 aliphatic rings. The second-order valence-corrected chi connectivity index (χ2v) is 3.03. The summed E-state index contributed by atoms with van der Waals surface area (Å²) in [6, 6.07) is 9.20. The number of aliphatic hydroxyl groups is 2. The van der Waals surface area contributed by atoms with E-state index in [0.717, 1.165) is 5.56 Å². The molecule has 2 atom stereocenters. The molecule has 0 spiro atoms. The quantitative estimate of drug-likeness (QED) is 0.742. The Morgan fingerprint density at radius 1 is 1.29 bits per heavy atom. The van der Waals surface area contributed by atoms with Crippen LogP contribution >= 0.6 is 0 Å². The summed E-state index contributed by atoms with van der Waals surface area (Å²) in [4.78, 5) is 0. The molecule has 0 fully saturated rings. The molecule has 3 heteroatoms.